The highest BCUT2D eigenvalue weighted by atomic mass is 79.9. The second-order valence-electron chi connectivity index (χ2n) is 3.38. The van der Waals surface area contributed by atoms with Gasteiger partial charge in [-0.1, -0.05) is 0 Å². The number of nitrogens with two attached hydrogens (primary N) is 1. The molecule has 0 saturated heterocycles. The Kier molecular flexibility index (Phi) is 3.48. The first-order valence-corrected chi connectivity index (χ1v) is 7.10. The molecule has 0 fully saturated rings. The molecule has 0 aromatic carbocycles. The normalized spacial score (nSPS) is 11.2. The Balaban J connectivity index is 2.40. The number of rotatable bonds is 3. The summed E-state index contributed by atoms with van der Waals surface area (Å²) in [5.74, 6) is -0.0606. The van der Waals surface area contributed by atoms with Crippen LogP contribution < -0.4 is 10.5 Å². The van der Waals surface area contributed by atoms with Gasteiger partial charge in [0.15, 0.2) is 0 Å². The second kappa shape index (κ2) is 4.91. The number of sulfonamides is 1. The van der Waals surface area contributed by atoms with Crippen LogP contribution in [0.3, 0.4) is 0 Å². The van der Waals surface area contributed by atoms with E-state index in [-0.39, 0.29) is 10.7 Å². The Labute approximate surface area is 112 Å². The highest BCUT2D eigenvalue weighted by molar-refractivity contribution is 9.10. The van der Waals surface area contributed by atoms with E-state index in [1.807, 2.05) is 0 Å². The Morgan fingerprint density at radius 1 is 1.33 bits per heavy atom. The van der Waals surface area contributed by atoms with Crippen molar-refractivity contribution in [2.45, 2.75) is 4.90 Å². The number of nitrogens with one attached hydrogen (secondary N) is 1. The molecule has 18 heavy (non-hydrogen) atoms. The van der Waals surface area contributed by atoms with E-state index in [0.717, 1.165) is 0 Å². The third kappa shape index (κ3) is 2.77. The lowest BCUT2D eigenvalue weighted by molar-refractivity contribution is 0.601. The maximum Gasteiger partial charge on any atom is 0.265 e. The Bertz CT molecular complexity index is 661. The number of hydrogen-bond acceptors (Lipinski definition) is 5. The number of pyridine rings is 2. The van der Waals surface area contributed by atoms with E-state index in [9.17, 15) is 8.42 Å². The quantitative estimate of drug-likeness (QED) is 0.892. The number of nitrogens with zero attached hydrogens (tertiary/aromatic N) is 2. The van der Waals surface area contributed by atoms with Crippen molar-refractivity contribution < 1.29 is 8.42 Å². The maximum atomic E-state index is 12.1. The molecule has 0 aliphatic rings. The molecule has 3 N–H and O–H groups in total. The molecule has 94 valence electrons. The van der Waals surface area contributed by atoms with Gasteiger partial charge in [-0.15, -0.1) is 0 Å². The van der Waals surface area contributed by atoms with Crippen molar-refractivity contribution >= 4 is 37.5 Å². The molecule has 0 bridgehead atoms. The van der Waals surface area contributed by atoms with Crippen LogP contribution in [0.4, 0.5) is 11.5 Å². The topological polar surface area (TPSA) is 98.0 Å². The van der Waals surface area contributed by atoms with Gasteiger partial charge < -0.3 is 5.73 Å². The predicted molar refractivity (Wildman–Crippen MR) is 71.4 cm³/mol. The zero-order valence-corrected chi connectivity index (χ0v) is 11.4. The van der Waals surface area contributed by atoms with Crippen LogP contribution in [0.1, 0.15) is 0 Å². The van der Waals surface area contributed by atoms with E-state index in [1.165, 1.54) is 18.5 Å². The molecule has 0 aliphatic heterocycles. The van der Waals surface area contributed by atoms with Crippen molar-refractivity contribution in [2.24, 2.45) is 0 Å². The van der Waals surface area contributed by atoms with Gasteiger partial charge >= 0.3 is 0 Å². The molecule has 0 unspecified atom stereocenters. The lowest BCUT2D eigenvalue weighted by atomic mass is 10.4. The molecule has 6 nitrogen and oxygen atoms in total. The highest BCUT2D eigenvalue weighted by Crippen LogP contribution is 2.22. The average molecular weight is 329 g/mol. The third-order valence-corrected chi connectivity index (χ3v) is 3.90. The van der Waals surface area contributed by atoms with Gasteiger partial charge in [0.2, 0.25) is 0 Å². The standard InChI is InChI=1S/C10H9BrN4O2S/c11-7-4-9(10(12)14-5-7)18(16,17)15-8-2-1-3-13-6-8/h1-6,15H,(H2,12,14). The van der Waals surface area contributed by atoms with Gasteiger partial charge in [-0.2, -0.15) is 0 Å². The Morgan fingerprint density at radius 3 is 2.78 bits per heavy atom. The van der Waals surface area contributed by atoms with Crippen LogP contribution in [-0.2, 0) is 10.0 Å². The number of hydrogen-bond donors (Lipinski definition) is 2. The minimum absolute atomic E-state index is 0.0606. The van der Waals surface area contributed by atoms with Crippen LogP contribution in [0.25, 0.3) is 0 Å². The summed E-state index contributed by atoms with van der Waals surface area (Å²) in [7, 11) is -3.77. The smallest absolute Gasteiger partial charge is 0.265 e. The van der Waals surface area contributed by atoms with Crippen molar-refractivity contribution in [3.63, 3.8) is 0 Å². The molecule has 2 heterocycles. The van der Waals surface area contributed by atoms with E-state index < -0.39 is 10.0 Å². The summed E-state index contributed by atoms with van der Waals surface area (Å²) in [4.78, 5) is 7.52. The van der Waals surface area contributed by atoms with Crippen LogP contribution >= 0.6 is 15.9 Å². The molecule has 0 saturated carbocycles. The van der Waals surface area contributed by atoms with Gasteiger partial charge in [-0.05, 0) is 34.1 Å². The minimum Gasteiger partial charge on any atom is -0.383 e. The van der Waals surface area contributed by atoms with Gasteiger partial charge in [0.25, 0.3) is 10.0 Å². The van der Waals surface area contributed by atoms with Gasteiger partial charge in [0, 0.05) is 16.9 Å². The van der Waals surface area contributed by atoms with Gasteiger partial charge in [0.05, 0.1) is 11.9 Å². The highest BCUT2D eigenvalue weighted by Gasteiger charge is 2.19. The first-order chi connectivity index (χ1) is 8.49. The fourth-order valence-corrected chi connectivity index (χ4v) is 2.91. The number of halogens is 1. The zero-order valence-electron chi connectivity index (χ0n) is 9.04. The van der Waals surface area contributed by atoms with Crippen LogP contribution in [0.15, 0.2) is 46.2 Å². The SMILES string of the molecule is Nc1ncc(Br)cc1S(=O)(=O)Nc1cccnc1. The monoisotopic (exact) mass is 328 g/mol. The number of nitrogen functional groups attached to an aromatic ring is 1. The van der Waals surface area contributed by atoms with Crippen LogP contribution in [0.5, 0.6) is 0 Å². The van der Waals surface area contributed by atoms with Gasteiger partial charge in [-0.25, -0.2) is 13.4 Å². The van der Waals surface area contributed by atoms with Crippen molar-refractivity contribution in [3.05, 3.63) is 41.3 Å². The first kappa shape index (κ1) is 12.8. The summed E-state index contributed by atoms with van der Waals surface area (Å²) in [5, 5.41) is 0. The van der Waals surface area contributed by atoms with E-state index in [0.29, 0.717) is 10.2 Å². The van der Waals surface area contributed by atoms with E-state index >= 15 is 0 Å². The molecular formula is C10H9BrN4O2S. The molecule has 2 aromatic rings. The average Bonchev–Trinajstić information content (AvgIpc) is 2.33. The molecule has 0 aliphatic carbocycles. The molecule has 0 spiro atoms. The molecule has 2 rings (SSSR count). The minimum atomic E-state index is -3.77. The lowest BCUT2D eigenvalue weighted by Crippen LogP contribution is -2.15. The number of anilines is 2. The molecule has 0 atom stereocenters. The summed E-state index contributed by atoms with van der Waals surface area (Å²) in [5.41, 5.74) is 5.92. The van der Waals surface area contributed by atoms with Gasteiger partial charge in [-0.3, -0.25) is 9.71 Å². The molecule has 8 heteroatoms. The molecular weight excluding hydrogens is 320 g/mol. The van der Waals surface area contributed by atoms with E-state index in [4.69, 9.17) is 5.73 Å². The summed E-state index contributed by atoms with van der Waals surface area (Å²) >= 11 is 3.15. The van der Waals surface area contributed by atoms with E-state index in [2.05, 4.69) is 30.6 Å². The maximum absolute atomic E-state index is 12.1. The second-order valence-corrected chi connectivity index (χ2v) is 5.95. The first-order valence-electron chi connectivity index (χ1n) is 4.83. The fourth-order valence-electron chi connectivity index (χ4n) is 1.28. The van der Waals surface area contributed by atoms with Crippen molar-refractivity contribution in [3.8, 4) is 0 Å². The summed E-state index contributed by atoms with van der Waals surface area (Å²) in [6.45, 7) is 0. The largest absolute Gasteiger partial charge is 0.383 e. The van der Waals surface area contributed by atoms with Crippen molar-refractivity contribution in [1.82, 2.24) is 9.97 Å². The van der Waals surface area contributed by atoms with E-state index in [1.54, 1.807) is 18.3 Å². The van der Waals surface area contributed by atoms with Crippen molar-refractivity contribution in [1.29, 1.82) is 0 Å². The fraction of sp³-hybridized carbons (Fsp3) is 0. The van der Waals surface area contributed by atoms with Crippen LogP contribution in [0.2, 0.25) is 0 Å². The Hall–Kier alpha value is -1.67. The molecule has 0 amide bonds. The molecule has 0 radical (unpaired) electrons. The predicted octanol–water partition coefficient (Wildman–Crippen LogP) is 1.62. The van der Waals surface area contributed by atoms with Crippen molar-refractivity contribution in [2.75, 3.05) is 10.5 Å². The lowest BCUT2D eigenvalue weighted by Gasteiger charge is -2.09. The third-order valence-electron chi connectivity index (χ3n) is 2.05. The van der Waals surface area contributed by atoms with Gasteiger partial charge in [0.1, 0.15) is 10.7 Å². The summed E-state index contributed by atoms with van der Waals surface area (Å²) in [6, 6.07) is 4.60. The summed E-state index contributed by atoms with van der Waals surface area (Å²) in [6.07, 6.45) is 4.38. The number of aromatic nitrogens is 2. The summed E-state index contributed by atoms with van der Waals surface area (Å²) < 4.78 is 27.1. The molecule has 2 aromatic heterocycles. The zero-order chi connectivity index (χ0) is 13.2. The Morgan fingerprint density at radius 2 is 2.11 bits per heavy atom. The van der Waals surface area contributed by atoms with Crippen LogP contribution in [0, 0.1) is 0 Å². The van der Waals surface area contributed by atoms with Crippen LogP contribution in [-0.4, -0.2) is 18.4 Å².